The van der Waals surface area contributed by atoms with Crippen LogP contribution in [0.25, 0.3) is 0 Å². The molecule has 0 unspecified atom stereocenters. The Bertz CT molecular complexity index is 650. The Morgan fingerprint density at radius 1 is 1.09 bits per heavy atom. The molecule has 116 valence electrons. The molecule has 22 heavy (non-hydrogen) atoms. The van der Waals surface area contributed by atoms with Crippen molar-refractivity contribution in [2.45, 2.75) is 33.6 Å². The Hall–Kier alpha value is -2.29. The topological polar surface area (TPSA) is 38.3 Å². The first kappa shape index (κ1) is 16.1. The minimum Gasteiger partial charge on any atom is -0.494 e. The largest absolute Gasteiger partial charge is 0.494 e. The number of ether oxygens (including phenoxy) is 1. The van der Waals surface area contributed by atoms with Crippen LogP contribution in [-0.4, -0.2) is 12.5 Å². The summed E-state index contributed by atoms with van der Waals surface area (Å²) in [5, 5.41) is 2.92. The van der Waals surface area contributed by atoms with E-state index in [-0.39, 0.29) is 5.91 Å². The van der Waals surface area contributed by atoms with Crippen molar-refractivity contribution in [1.82, 2.24) is 0 Å². The Kier molecular flexibility index (Phi) is 5.59. The van der Waals surface area contributed by atoms with Crippen molar-refractivity contribution >= 4 is 11.6 Å². The highest BCUT2D eigenvalue weighted by molar-refractivity contribution is 5.91. The van der Waals surface area contributed by atoms with E-state index in [1.54, 1.807) is 0 Å². The molecule has 0 aliphatic rings. The number of hydrogen-bond acceptors (Lipinski definition) is 2. The number of carbonyl (C=O) groups excluding carboxylic acids is 1. The molecule has 0 aliphatic heterocycles. The number of aryl methyl sites for hydroxylation is 3. The fraction of sp³-hybridized carbons (Fsp3) is 0.316. The van der Waals surface area contributed by atoms with Gasteiger partial charge in [0.1, 0.15) is 5.75 Å². The van der Waals surface area contributed by atoms with Crippen LogP contribution in [0.2, 0.25) is 0 Å². The lowest BCUT2D eigenvalue weighted by Crippen LogP contribution is -2.12. The van der Waals surface area contributed by atoms with E-state index in [0.29, 0.717) is 13.0 Å². The number of carbonyl (C=O) groups is 1. The zero-order valence-corrected chi connectivity index (χ0v) is 13.5. The summed E-state index contributed by atoms with van der Waals surface area (Å²) in [6.07, 6.45) is 1.22. The van der Waals surface area contributed by atoms with Gasteiger partial charge in [-0.2, -0.15) is 0 Å². The van der Waals surface area contributed by atoms with Crippen LogP contribution in [0.4, 0.5) is 5.69 Å². The summed E-state index contributed by atoms with van der Waals surface area (Å²) in [4.78, 5) is 12.1. The van der Waals surface area contributed by atoms with E-state index in [0.717, 1.165) is 17.9 Å². The van der Waals surface area contributed by atoms with Crippen molar-refractivity contribution in [3.63, 3.8) is 0 Å². The predicted octanol–water partition coefficient (Wildman–Crippen LogP) is 4.27. The summed E-state index contributed by atoms with van der Waals surface area (Å²) in [6.45, 7) is 6.74. The van der Waals surface area contributed by atoms with Gasteiger partial charge in [0, 0.05) is 18.2 Å². The molecule has 1 N–H and O–H groups in total. The second kappa shape index (κ2) is 7.64. The summed E-state index contributed by atoms with van der Waals surface area (Å²) in [5.74, 6) is 0.793. The molecule has 2 aromatic rings. The van der Waals surface area contributed by atoms with Crippen molar-refractivity contribution < 1.29 is 9.53 Å². The first-order valence-corrected chi connectivity index (χ1v) is 7.67. The van der Waals surface area contributed by atoms with Gasteiger partial charge in [-0.15, -0.1) is 0 Å². The Labute approximate surface area is 132 Å². The molecule has 0 saturated heterocycles. The molecule has 0 heterocycles. The van der Waals surface area contributed by atoms with Crippen LogP contribution < -0.4 is 10.1 Å². The average Bonchev–Trinajstić information content (AvgIpc) is 2.49. The Morgan fingerprint density at radius 3 is 2.64 bits per heavy atom. The molecule has 0 atom stereocenters. The van der Waals surface area contributed by atoms with Gasteiger partial charge in [-0.25, -0.2) is 0 Å². The molecule has 0 fully saturated rings. The molecule has 1 amide bonds. The third-order valence-electron chi connectivity index (χ3n) is 3.64. The maximum atomic E-state index is 12.1. The van der Waals surface area contributed by atoms with Crippen LogP contribution in [-0.2, 0) is 11.2 Å². The van der Waals surface area contributed by atoms with Gasteiger partial charge in [0.2, 0.25) is 5.91 Å². The zero-order valence-electron chi connectivity index (χ0n) is 13.5. The van der Waals surface area contributed by atoms with Crippen LogP contribution in [0.1, 0.15) is 30.0 Å². The van der Waals surface area contributed by atoms with Gasteiger partial charge in [0.25, 0.3) is 0 Å². The number of hydrogen-bond donors (Lipinski definition) is 1. The second-order valence-electron chi connectivity index (χ2n) is 5.43. The Balaban J connectivity index is 1.90. The summed E-state index contributed by atoms with van der Waals surface area (Å²) in [5.41, 5.74) is 4.51. The monoisotopic (exact) mass is 297 g/mol. The third-order valence-corrected chi connectivity index (χ3v) is 3.64. The summed E-state index contributed by atoms with van der Waals surface area (Å²) >= 11 is 0. The second-order valence-corrected chi connectivity index (χ2v) is 5.43. The Morgan fingerprint density at radius 2 is 1.91 bits per heavy atom. The van der Waals surface area contributed by atoms with Crippen LogP contribution in [0, 0.1) is 13.8 Å². The molecule has 2 rings (SSSR count). The number of nitrogens with one attached hydrogen (secondary N) is 1. The van der Waals surface area contributed by atoms with E-state index in [4.69, 9.17) is 4.74 Å². The number of benzene rings is 2. The van der Waals surface area contributed by atoms with Crippen molar-refractivity contribution in [2.75, 3.05) is 11.9 Å². The molecule has 0 saturated carbocycles. The first-order valence-electron chi connectivity index (χ1n) is 7.67. The van der Waals surface area contributed by atoms with Gasteiger partial charge in [0.05, 0.1) is 6.61 Å². The summed E-state index contributed by atoms with van der Waals surface area (Å²) in [7, 11) is 0. The molecule has 0 aromatic heterocycles. The minimum atomic E-state index is 0.0203. The van der Waals surface area contributed by atoms with E-state index < -0.39 is 0 Å². The highest BCUT2D eigenvalue weighted by Crippen LogP contribution is 2.18. The highest BCUT2D eigenvalue weighted by atomic mass is 16.5. The van der Waals surface area contributed by atoms with Gasteiger partial charge in [-0.1, -0.05) is 24.3 Å². The average molecular weight is 297 g/mol. The number of amides is 1. The summed E-state index contributed by atoms with van der Waals surface area (Å²) in [6, 6.07) is 13.8. The number of anilines is 1. The standard InChI is InChI=1S/C19H23NO2/c1-4-22-18-7-5-6-17(13-18)20-19(21)11-10-16-9-8-14(2)15(3)12-16/h5-9,12-13H,4,10-11H2,1-3H3,(H,20,21). The molecule has 2 aromatic carbocycles. The fourth-order valence-corrected chi connectivity index (χ4v) is 2.27. The SMILES string of the molecule is CCOc1cccc(NC(=O)CCc2ccc(C)c(C)c2)c1. The smallest absolute Gasteiger partial charge is 0.224 e. The lowest BCUT2D eigenvalue weighted by atomic mass is 10.0. The number of rotatable bonds is 6. The van der Waals surface area contributed by atoms with Gasteiger partial charge in [-0.05, 0) is 56.0 Å². The highest BCUT2D eigenvalue weighted by Gasteiger charge is 2.05. The molecular weight excluding hydrogens is 274 g/mol. The van der Waals surface area contributed by atoms with Gasteiger partial charge in [0.15, 0.2) is 0 Å². The minimum absolute atomic E-state index is 0.0203. The fourth-order valence-electron chi connectivity index (χ4n) is 2.27. The van der Waals surface area contributed by atoms with Gasteiger partial charge in [-0.3, -0.25) is 4.79 Å². The summed E-state index contributed by atoms with van der Waals surface area (Å²) < 4.78 is 5.43. The van der Waals surface area contributed by atoms with Crippen LogP contribution in [0.5, 0.6) is 5.75 Å². The predicted molar refractivity (Wildman–Crippen MR) is 90.5 cm³/mol. The molecule has 0 radical (unpaired) electrons. The molecule has 3 nitrogen and oxygen atoms in total. The molecule has 3 heteroatoms. The van der Waals surface area contributed by atoms with Crippen molar-refractivity contribution in [1.29, 1.82) is 0 Å². The van der Waals surface area contributed by atoms with Crippen LogP contribution >= 0.6 is 0 Å². The van der Waals surface area contributed by atoms with Gasteiger partial charge < -0.3 is 10.1 Å². The lowest BCUT2D eigenvalue weighted by Gasteiger charge is -2.09. The molecule has 0 spiro atoms. The van der Waals surface area contributed by atoms with Crippen molar-refractivity contribution in [3.05, 3.63) is 59.2 Å². The van der Waals surface area contributed by atoms with E-state index in [9.17, 15) is 4.79 Å². The zero-order chi connectivity index (χ0) is 15.9. The maximum absolute atomic E-state index is 12.1. The van der Waals surface area contributed by atoms with Crippen molar-refractivity contribution in [2.24, 2.45) is 0 Å². The maximum Gasteiger partial charge on any atom is 0.224 e. The molecular formula is C19H23NO2. The molecule has 0 aliphatic carbocycles. The lowest BCUT2D eigenvalue weighted by molar-refractivity contribution is -0.116. The first-order chi connectivity index (χ1) is 10.6. The van der Waals surface area contributed by atoms with Crippen LogP contribution in [0.15, 0.2) is 42.5 Å². The van der Waals surface area contributed by atoms with Gasteiger partial charge >= 0.3 is 0 Å². The third kappa shape index (κ3) is 4.62. The van der Waals surface area contributed by atoms with E-state index >= 15 is 0 Å². The van der Waals surface area contributed by atoms with Crippen molar-refractivity contribution in [3.8, 4) is 5.75 Å². The quantitative estimate of drug-likeness (QED) is 0.864. The van der Waals surface area contributed by atoms with E-state index in [1.807, 2.05) is 31.2 Å². The normalized spacial score (nSPS) is 10.3. The van der Waals surface area contributed by atoms with Crippen LogP contribution in [0.3, 0.4) is 0 Å². The van der Waals surface area contributed by atoms with E-state index in [1.165, 1.54) is 16.7 Å². The molecule has 0 bridgehead atoms. The van der Waals surface area contributed by atoms with E-state index in [2.05, 4.69) is 37.4 Å².